The van der Waals surface area contributed by atoms with Crippen molar-refractivity contribution in [3.8, 4) is 0 Å². The number of amides is 3. The molecule has 29 heavy (non-hydrogen) atoms. The molecule has 0 radical (unpaired) electrons. The fourth-order valence-electron chi connectivity index (χ4n) is 3.80. The number of hydrogen-bond acceptors (Lipinski definition) is 3. The van der Waals surface area contributed by atoms with Crippen molar-refractivity contribution in [1.82, 2.24) is 15.8 Å². The van der Waals surface area contributed by atoms with Gasteiger partial charge in [0.25, 0.3) is 5.91 Å². The predicted molar refractivity (Wildman–Crippen MR) is 111 cm³/mol. The standard InChI is InChI=1S/C23H27N3O3/c1-3-18-9-11-19(12-10-18)21(28)24-25-22(29)23(20-7-5-4-6-8-20)13-15-26(16-14-23)17(2)27/h4-12H,3,13-16H2,1-2H3,(H,24,28)(H,25,29). The average molecular weight is 393 g/mol. The molecular weight excluding hydrogens is 366 g/mol. The van der Waals surface area contributed by atoms with Gasteiger partial charge in [-0.3, -0.25) is 25.2 Å². The Bertz CT molecular complexity index is 870. The summed E-state index contributed by atoms with van der Waals surface area (Å²) < 4.78 is 0. The summed E-state index contributed by atoms with van der Waals surface area (Å²) in [4.78, 5) is 39.1. The van der Waals surface area contributed by atoms with E-state index in [1.807, 2.05) is 42.5 Å². The third-order valence-corrected chi connectivity index (χ3v) is 5.74. The highest BCUT2D eigenvalue weighted by Crippen LogP contribution is 2.35. The number of nitrogens with zero attached hydrogens (tertiary/aromatic N) is 1. The van der Waals surface area contributed by atoms with Gasteiger partial charge in [-0.05, 0) is 42.5 Å². The molecule has 6 heteroatoms. The molecule has 2 N–H and O–H groups in total. The van der Waals surface area contributed by atoms with E-state index in [0.29, 0.717) is 31.5 Å². The Morgan fingerprint density at radius 2 is 1.55 bits per heavy atom. The second-order valence-corrected chi connectivity index (χ2v) is 7.41. The van der Waals surface area contributed by atoms with Gasteiger partial charge in [0, 0.05) is 25.6 Å². The SMILES string of the molecule is CCc1ccc(C(=O)NNC(=O)C2(c3ccccc3)CCN(C(C)=O)CC2)cc1. The number of nitrogens with one attached hydrogen (secondary N) is 2. The molecule has 1 fully saturated rings. The minimum atomic E-state index is -0.785. The van der Waals surface area contributed by atoms with Crippen molar-refractivity contribution in [3.63, 3.8) is 0 Å². The molecule has 0 saturated carbocycles. The van der Waals surface area contributed by atoms with E-state index < -0.39 is 5.41 Å². The quantitative estimate of drug-likeness (QED) is 0.784. The first kappa shape index (κ1) is 20.6. The van der Waals surface area contributed by atoms with Crippen LogP contribution < -0.4 is 10.9 Å². The molecule has 0 bridgehead atoms. The highest BCUT2D eigenvalue weighted by Gasteiger charge is 2.43. The van der Waals surface area contributed by atoms with E-state index in [1.54, 1.807) is 24.0 Å². The maximum absolute atomic E-state index is 13.2. The van der Waals surface area contributed by atoms with Crippen LogP contribution in [0.25, 0.3) is 0 Å². The zero-order valence-electron chi connectivity index (χ0n) is 16.9. The fourth-order valence-corrected chi connectivity index (χ4v) is 3.80. The van der Waals surface area contributed by atoms with Crippen LogP contribution in [-0.2, 0) is 21.4 Å². The van der Waals surface area contributed by atoms with E-state index >= 15 is 0 Å². The lowest BCUT2D eigenvalue weighted by Gasteiger charge is -2.40. The van der Waals surface area contributed by atoms with Crippen LogP contribution in [0.5, 0.6) is 0 Å². The molecule has 0 spiro atoms. The van der Waals surface area contributed by atoms with E-state index in [1.165, 1.54) is 0 Å². The minimum Gasteiger partial charge on any atom is -0.343 e. The van der Waals surface area contributed by atoms with Crippen molar-refractivity contribution in [3.05, 3.63) is 71.3 Å². The van der Waals surface area contributed by atoms with Gasteiger partial charge in [0.05, 0.1) is 5.41 Å². The summed E-state index contributed by atoms with van der Waals surface area (Å²) in [5.74, 6) is -0.605. The van der Waals surface area contributed by atoms with Crippen molar-refractivity contribution in [2.24, 2.45) is 0 Å². The van der Waals surface area contributed by atoms with E-state index in [0.717, 1.165) is 17.5 Å². The zero-order valence-corrected chi connectivity index (χ0v) is 16.9. The first-order valence-electron chi connectivity index (χ1n) is 9.97. The molecule has 1 heterocycles. The zero-order chi connectivity index (χ0) is 20.9. The molecule has 0 unspecified atom stereocenters. The van der Waals surface area contributed by atoms with Crippen molar-refractivity contribution in [2.75, 3.05) is 13.1 Å². The Morgan fingerprint density at radius 3 is 2.10 bits per heavy atom. The number of hydrogen-bond donors (Lipinski definition) is 2. The van der Waals surface area contributed by atoms with Gasteiger partial charge in [0.15, 0.2) is 0 Å². The lowest BCUT2D eigenvalue weighted by molar-refractivity contribution is -0.135. The average Bonchev–Trinajstić information content (AvgIpc) is 2.77. The third kappa shape index (κ3) is 4.47. The second kappa shape index (κ2) is 8.90. The third-order valence-electron chi connectivity index (χ3n) is 5.74. The Morgan fingerprint density at radius 1 is 0.931 bits per heavy atom. The number of likely N-dealkylation sites (tertiary alicyclic amines) is 1. The van der Waals surface area contributed by atoms with Crippen molar-refractivity contribution in [2.45, 2.75) is 38.5 Å². The monoisotopic (exact) mass is 393 g/mol. The molecular formula is C23H27N3O3. The lowest BCUT2D eigenvalue weighted by Crippen LogP contribution is -2.56. The van der Waals surface area contributed by atoms with Gasteiger partial charge in [-0.15, -0.1) is 0 Å². The van der Waals surface area contributed by atoms with Gasteiger partial charge >= 0.3 is 0 Å². The molecule has 2 aromatic carbocycles. The van der Waals surface area contributed by atoms with Gasteiger partial charge in [0.2, 0.25) is 11.8 Å². The highest BCUT2D eigenvalue weighted by molar-refractivity contribution is 5.97. The molecule has 0 atom stereocenters. The maximum Gasteiger partial charge on any atom is 0.269 e. The summed E-state index contributed by atoms with van der Waals surface area (Å²) >= 11 is 0. The summed E-state index contributed by atoms with van der Waals surface area (Å²) in [6, 6.07) is 16.9. The van der Waals surface area contributed by atoms with E-state index in [4.69, 9.17) is 0 Å². The number of aryl methyl sites for hydroxylation is 1. The van der Waals surface area contributed by atoms with Crippen molar-refractivity contribution in [1.29, 1.82) is 0 Å². The van der Waals surface area contributed by atoms with Gasteiger partial charge in [-0.1, -0.05) is 49.4 Å². The molecule has 1 aliphatic heterocycles. The van der Waals surface area contributed by atoms with Gasteiger partial charge in [-0.25, -0.2) is 0 Å². The molecule has 6 nitrogen and oxygen atoms in total. The first-order chi connectivity index (χ1) is 14.0. The van der Waals surface area contributed by atoms with Crippen LogP contribution in [0.3, 0.4) is 0 Å². The molecule has 3 rings (SSSR count). The molecule has 0 aromatic heterocycles. The van der Waals surface area contributed by atoms with E-state index in [9.17, 15) is 14.4 Å². The highest BCUT2D eigenvalue weighted by atomic mass is 16.2. The normalized spacial score (nSPS) is 15.4. The summed E-state index contributed by atoms with van der Waals surface area (Å²) in [7, 11) is 0. The smallest absolute Gasteiger partial charge is 0.269 e. The first-order valence-corrected chi connectivity index (χ1v) is 9.97. The van der Waals surface area contributed by atoms with Crippen molar-refractivity contribution >= 4 is 17.7 Å². The maximum atomic E-state index is 13.2. The number of carbonyl (C=O) groups is 3. The summed E-state index contributed by atoms with van der Waals surface area (Å²) in [6.45, 7) is 4.60. The molecule has 1 aliphatic rings. The van der Waals surface area contributed by atoms with E-state index in [2.05, 4.69) is 17.8 Å². The molecule has 3 amide bonds. The Balaban J connectivity index is 1.73. The topological polar surface area (TPSA) is 78.5 Å². The van der Waals surface area contributed by atoms with Crippen LogP contribution in [0.4, 0.5) is 0 Å². The number of hydrazine groups is 1. The summed E-state index contributed by atoms with van der Waals surface area (Å²) in [5, 5.41) is 0. The lowest BCUT2D eigenvalue weighted by atomic mass is 9.72. The van der Waals surface area contributed by atoms with Crippen LogP contribution >= 0.6 is 0 Å². The predicted octanol–water partition coefficient (Wildman–Crippen LogP) is 2.59. The van der Waals surface area contributed by atoms with Crippen LogP contribution in [0.2, 0.25) is 0 Å². The number of carbonyl (C=O) groups excluding carboxylic acids is 3. The summed E-state index contributed by atoms with van der Waals surface area (Å²) in [5.41, 5.74) is 6.90. The Labute approximate surface area is 171 Å². The Kier molecular flexibility index (Phi) is 6.32. The van der Waals surface area contributed by atoms with Gasteiger partial charge in [-0.2, -0.15) is 0 Å². The fraction of sp³-hybridized carbons (Fsp3) is 0.348. The molecule has 2 aromatic rings. The second-order valence-electron chi connectivity index (χ2n) is 7.41. The van der Waals surface area contributed by atoms with Crippen LogP contribution in [0.15, 0.2) is 54.6 Å². The Hall–Kier alpha value is -3.15. The van der Waals surface area contributed by atoms with Crippen LogP contribution in [-0.4, -0.2) is 35.7 Å². The van der Waals surface area contributed by atoms with E-state index in [-0.39, 0.29) is 17.7 Å². The molecule has 0 aliphatic carbocycles. The largest absolute Gasteiger partial charge is 0.343 e. The van der Waals surface area contributed by atoms with Gasteiger partial charge in [0.1, 0.15) is 0 Å². The van der Waals surface area contributed by atoms with Crippen LogP contribution in [0, 0.1) is 0 Å². The van der Waals surface area contributed by atoms with Crippen molar-refractivity contribution < 1.29 is 14.4 Å². The number of benzene rings is 2. The van der Waals surface area contributed by atoms with Crippen LogP contribution in [0.1, 0.15) is 48.2 Å². The molecule has 1 saturated heterocycles. The van der Waals surface area contributed by atoms with Gasteiger partial charge < -0.3 is 4.90 Å². The number of rotatable bonds is 4. The summed E-state index contributed by atoms with van der Waals surface area (Å²) in [6.07, 6.45) is 1.91. The minimum absolute atomic E-state index is 0.0101. The number of piperidine rings is 1. The molecule has 152 valence electrons.